The van der Waals surface area contributed by atoms with Gasteiger partial charge in [0, 0.05) is 30.4 Å². The van der Waals surface area contributed by atoms with Crippen molar-refractivity contribution in [3.05, 3.63) is 59.2 Å². The molecule has 0 N–H and O–H groups in total. The van der Waals surface area contributed by atoms with Crippen molar-refractivity contribution >= 4 is 12.0 Å². The van der Waals surface area contributed by atoms with E-state index in [4.69, 9.17) is 10.00 Å². The zero-order valence-electron chi connectivity index (χ0n) is 12.0. The molecule has 0 heterocycles. The van der Waals surface area contributed by atoms with E-state index in [1.807, 2.05) is 36.2 Å². The molecule has 2 rings (SSSR count). The van der Waals surface area contributed by atoms with Crippen molar-refractivity contribution in [1.82, 2.24) is 0 Å². The number of anilines is 1. The van der Waals surface area contributed by atoms with Crippen LogP contribution in [0.1, 0.15) is 21.5 Å². The predicted octanol–water partition coefficient (Wildman–Crippen LogP) is 3.02. The molecular weight excluding hydrogens is 264 g/mol. The van der Waals surface area contributed by atoms with Crippen molar-refractivity contribution in [1.29, 1.82) is 5.26 Å². The SMILES string of the molecule is COc1ccc(C=O)cc1CN(C)c1cccc(C#N)c1. The first-order valence-electron chi connectivity index (χ1n) is 6.51. The van der Waals surface area contributed by atoms with Crippen molar-refractivity contribution in [2.24, 2.45) is 0 Å². The normalized spacial score (nSPS) is 9.76. The van der Waals surface area contributed by atoms with Crippen LogP contribution in [0.15, 0.2) is 42.5 Å². The summed E-state index contributed by atoms with van der Waals surface area (Å²) in [5, 5.41) is 8.96. The van der Waals surface area contributed by atoms with E-state index in [1.54, 1.807) is 25.3 Å². The molecule has 0 atom stereocenters. The van der Waals surface area contributed by atoms with Gasteiger partial charge >= 0.3 is 0 Å². The molecule has 0 aliphatic heterocycles. The lowest BCUT2D eigenvalue weighted by atomic mass is 10.1. The standard InChI is InChI=1S/C17H16N2O2/c1-19(16-5-3-4-13(9-16)10-18)11-15-8-14(12-20)6-7-17(15)21-2/h3-9,12H,11H2,1-2H3. The summed E-state index contributed by atoms with van der Waals surface area (Å²) in [6.45, 7) is 0.583. The zero-order chi connectivity index (χ0) is 15.2. The van der Waals surface area contributed by atoms with Crippen LogP contribution in [0.3, 0.4) is 0 Å². The molecule has 0 saturated heterocycles. The molecule has 4 nitrogen and oxygen atoms in total. The molecule has 2 aromatic carbocycles. The van der Waals surface area contributed by atoms with Crippen LogP contribution in [-0.4, -0.2) is 20.4 Å². The second kappa shape index (κ2) is 6.58. The molecule has 0 bridgehead atoms. The molecular formula is C17H16N2O2. The van der Waals surface area contributed by atoms with Crippen LogP contribution in [0, 0.1) is 11.3 Å². The van der Waals surface area contributed by atoms with E-state index in [1.165, 1.54) is 0 Å². The minimum absolute atomic E-state index is 0.583. The highest BCUT2D eigenvalue weighted by Crippen LogP contribution is 2.23. The summed E-state index contributed by atoms with van der Waals surface area (Å²) in [6.07, 6.45) is 0.819. The number of methoxy groups -OCH3 is 1. The van der Waals surface area contributed by atoms with Crippen LogP contribution in [0.5, 0.6) is 5.75 Å². The molecule has 2 aromatic rings. The monoisotopic (exact) mass is 280 g/mol. The Morgan fingerprint density at radius 3 is 2.76 bits per heavy atom. The molecule has 21 heavy (non-hydrogen) atoms. The topological polar surface area (TPSA) is 53.3 Å². The van der Waals surface area contributed by atoms with Gasteiger partial charge in [-0.2, -0.15) is 5.26 Å². The highest BCUT2D eigenvalue weighted by atomic mass is 16.5. The second-order valence-corrected chi connectivity index (χ2v) is 4.71. The molecule has 0 unspecified atom stereocenters. The van der Waals surface area contributed by atoms with Crippen molar-refractivity contribution in [2.45, 2.75) is 6.54 Å². The van der Waals surface area contributed by atoms with Crippen molar-refractivity contribution in [3.8, 4) is 11.8 Å². The summed E-state index contributed by atoms with van der Waals surface area (Å²) < 4.78 is 5.33. The molecule has 0 amide bonds. The van der Waals surface area contributed by atoms with E-state index in [2.05, 4.69) is 6.07 Å². The van der Waals surface area contributed by atoms with Crippen LogP contribution in [0.4, 0.5) is 5.69 Å². The van der Waals surface area contributed by atoms with Gasteiger partial charge in [-0.1, -0.05) is 6.07 Å². The third kappa shape index (κ3) is 3.40. The molecule has 0 aliphatic rings. The van der Waals surface area contributed by atoms with Gasteiger partial charge in [-0.3, -0.25) is 4.79 Å². The number of carbonyl (C=O) groups is 1. The van der Waals surface area contributed by atoms with Crippen LogP contribution < -0.4 is 9.64 Å². The number of ether oxygens (including phenoxy) is 1. The number of carbonyl (C=O) groups excluding carboxylic acids is 1. The first-order valence-corrected chi connectivity index (χ1v) is 6.51. The molecule has 4 heteroatoms. The third-order valence-corrected chi connectivity index (χ3v) is 3.26. The van der Waals surface area contributed by atoms with Gasteiger partial charge in [0.25, 0.3) is 0 Å². The second-order valence-electron chi connectivity index (χ2n) is 4.71. The minimum atomic E-state index is 0.583. The zero-order valence-corrected chi connectivity index (χ0v) is 12.0. The molecule has 0 saturated carbocycles. The van der Waals surface area contributed by atoms with E-state index >= 15 is 0 Å². The number of nitrogens with zero attached hydrogens (tertiary/aromatic N) is 2. The number of nitriles is 1. The van der Waals surface area contributed by atoms with Crippen LogP contribution >= 0.6 is 0 Å². The minimum Gasteiger partial charge on any atom is -0.496 e. The van der Waals surface area contributed by atoms with Gasteiger partial charge in [-0.05, 0) is 36.4 Å². The molecule has 106 valence electrons. The number of aldehydes is 1. The molecule has 0 aliphatic carbocycles. The van der Waals surface area contributed by atoms with Gasteiger partial charge < -0.3 is 9.64 Å². The van der Waals surface area contributed by atoms with E-state index in [-0.39, 0.29) is 0 Å². The predicted molar refractivity (Wildman–Crippen MR) is 81.6 cm³/mol. The Labute approximate surface area is 124 Å². The number of rotatable bonds is 5. The quantitative estimate of drug-likeness (QED) is 0.790. The van der Waals surface area contributed by atoms with Crippen molar-refractivity contribution < 1.29 is 9.53 Å². The smallest absolute Gasteiger partial charge is 0.150 e. The lowest BCUT2D eigenvalue weighted by molar-refractivity contribution is 0.112. The summed E-state index contributed by atoms with van der Waals surface area (Å²) >= 11 is 0. The summed E-state index contributed by atoms with van der Waals surface area (Å²) in [5.41, 5.74) is 3.09. The Hall–Kier alpha value is -2.80. The van der Waals surface area contributed by atoms with E-state index in [0.717, 1.165) is 23.3 Å². The fourth-order valence-corrected chi connectivity index (χ4v) is 2.16. The Bertz CT molecular complexity index is 689. The average Bonchev–Trinajstić information content (AvgIpc) is 2.54. The fourth-order valence-electron chi connectivity index (χ4n) is 2.16. The largest absolute Gasteiger partial charge is 0.496 e. The maximum atomic E-state index is 10.9. The third-order valence-electron chi connectivity index (χ3n) is 3.26. The van der Waals surface area contributed by atoms with E-state index in [0.29, 0.717) is 17.7 Å². The number of benzene rings is 2. The lowest BCUT2D eigenvalue weighted by Crippen LogP contribution is -2.17. The lowest BCUT2D eigenvalue weighted by Gasteiger charge is -2.21. The van der Waals surface area contributed by atoms with Crippen LogP contribution in [-0.2, 0) is 6.54 Å². The Kier molecular flexibility index (Phi) is 4.57. The maximum Gasteiger partial charge on any atom is 0.150 e. The van der Waals surface area contributed by atoms with Crippen molar-refractivity contribution in [2.75, 3.05) is 19.1 Å². The van der Waals surface area contributed by atoms with Gasteiger partial charge in [0.1, 0.15) is 12.0 Å². The van der Waals surface area contributed by atoms with Gasteiger partial charge in [0.2, 0.25) is 0 Å². The highest BCUT2D eigenvalue weighted by Gasteiger charge is 2.09. The summed E-state index contributed by atoms with van der Waals surface area (Å²) in [4.78, 5) is 12.9. The molecule has 0 spiro atoms. The highest BCUT2D eigenvalue weighted by molar-refractivity contribution is 5.75. The first kappa shape index (κ1) is 14.6. The van der Waals surface area contributed by atoms with Gasteiger partial charge in [-0.25, -0.2) is 0 Å². The molecule has 0 radical (unpaired) electrons. The van der Waals surface area contributed by atoms with Crippen LogP contribution in [0.2, 0.25) is 0 Å². The Morgan fingerprint density at radius 1 is 1.29 bits per heavy atom. The number of hydrogen-bond donors (Lipinski definition) is 0. The number of hydrogen-bond acceptors (Lipinski definition) is 4. The molecule has 0 aromatic heterocycles. The summed E-state index contributed by atoms with van der Waals surface area (Å²) in [7, 11) is 3.54. The van der Waals surface area contributed by atoms with E-state index in [9.17, 15) is 4.79 Å². The van der Waals surface area contributed by atoms with Gasteiger partial charge in [-0.15, -0.1) is 0 Å². The molecule has 0 fully saturated rings. The maximum absolute atomic E-state index is 10.9. The Morgan fingerprint density at radius 2 is 2.10 bits per heavy atom. The fraction of sp³-hybridized carbons (Fsp3) is 0.176. The average molecular weight is 280 g/mol. The summed E-state index contributed by atoms with van der Waals surface area (Å²) in [6, 6.07) is 14.9. The summed E-state index contributed by atoms with van der Waals surface area (Å²) in [5.74, 6) is 0.740. The Balaban J connectivity index is 2.28. The van der Waals surface area contributed by atoms with Crippen molar-refractivity contribution in [3.63, 3.8) is 0 Å². The van der Waals surface area contributed by atoms with Gasteiger partial charge in [0.15, 0.2) is 0 Å². The first-order chi connectivity index (χ1) is 10.2. The van der Waals surface area contributed by atoms with E-state index < -0.39 is 0 Å². The van der Waals surface area contributed by atoms with Gasteiger partial charge in [0.05, 0.1) is 18.7 Å². The van der Waals surface area contributed by atoms with Crippen LogP contribution in [0.25, 0.3) is 0 Å².